The van der Waals surface area contributed by atoms with Crippen LogP contribution in [0.3, 0.4) is 0 Å². The van der Waals surface area contributed by atoms with Crippen molar-refractivity contribution in [2.75, 3.05) is 16.4 Å². The van der Waals surface area contributed by atoms with Gasteiger partial charge in [0.1, 0.15) is 5.57 Å². The molecule has 5 rings (SSSR count). The zero-order valence-corrected chi connectivity index (χ0v) is 25.8. The number of amides is 4. The van der Waals surface area contributed by atoms with E-state index in [1.54, 1.807) is 67.6 Å². The van der Waals surface area contributed by atoms with Crippen LogP contribution in [0.15, 0.2) is 96.6 Å². The third kappa shape index (κ3) is 6.42. The lowest BCUT2D eigenvalue weighted by atomic mass is 10.0. The summed E-state index contributed by atoms with van der Waals surface area (Å²) in [6.07, 6.45) is -3.54. The largest absolute Gasteiger partial charge is 0.490 e. The summed E-state index contributed by atoms with van der Waals surface area (Å²) in [6.45, 7) is 1.75. The van der Waals surface area contributed by atoms with Gasteiger partial charge in [0, 0.05) is 6.07 Å². The highest BCUT2D eigenvalue weighted by Crippen LogP contribution is 2.43. The molecule has 4 amide bonds. The molecule has 1 aliphatic heterocycles. The summed E-state index contributed by atoms with van der Waals surface area (Å²) in [6, 6.07) is 20.1. The molecule has 0 atom stereocenters. The quantitative estimate of drug-likeness (QED) is 0.0590. The number of imide groups is 2. The van der Waals surface area contributed by atoms with Gasteiger partial charge in [0.2, 0.25) is 5.75 Å². The van der Waals surface area contributed by atoms with Crippen molar-refractivity contribution < 1.29 is 42.0 Å². The van der Waals surface area contributed by atoms with Gasteiger partial charge in [-0.05, 0) is 89.7 Å². The Kier molecular flexibility index (Phi) is 9.09. The first-order valence-corrected chi connectivity index (χ1v) is 14.5. The molecule has 4 aromatic rings. The molecule has 1 heterocycles. The summed E-state index contributed by atoms with van der Waals surface area (Å²) in [5.74, 6) is -2.22. The molecular formula is C32H21F3IN3O7. The van der Waals surface area contributed by atoms with Crippen molar-refractivity contribution in [1.82, 2.24) is 0 Å². The van der Waals surface area contributed by atoms with Crippen LogP contribution in [0, 0.1) is 13.7 Å². The van der Waals surface area contributed by atoms with Crippen molar-refractivity contribution in [3.05, 3.63) is 121 Å². The van der Waals surface area contributed by atoms with Crippen LogP contribution in [0.5, 0.6) is 17.2 Å². The van der Waals surface area contributed by atoms with Crippen molar-refractivity contribution in [1.29, 1.82) is 0 Å². The van der Waals surface area contributed by atoms with Crippen molar-refractivity contribution in [2.24, 2.45) is 0 Å². The van der Waals surface area contributed by atoms with Gasteiger partial charge in [-0.25, -0.2) is 14.6 Å². The number of nitro benzene ring substituents is 1. The van der Waals surface area contributed by atoms with Crippen LogP contribution >= 0.6 is 22.6 Å². The molecule has 14 heteroatoms. The number of nitrogens with zero attached hydrogens (tertiary/aromatic N) is 3. The zero-order valence-electron chi connectivity index (χ0n) is 23.7. The Morgan fingerprint density at radius 3 is 1.91 bits per heavy atom. The highest BCUT2D eigenvalue weighted by molar-refractivity contribution is 14.1. The number of benzene rings is 4. The number of anilines is 2. The summed E-state index contributed by atoms with van der Waals surface area (Å²) in [4.78, 5) is 53.4. The van der Waals surface area contributed by atoms with E-state index in [1.807, 2.05) is 22.6 Å². The van der Waals surface area contributed by atoms with E-state index in [9.17, 15) is 37.7 Å². The van der Waals surface area contributed by atoms with Crippen LogP contribution in [-0.2, 0) is 15.8 Å². The number of para-hydroxylation sites is 2. The average molecular weight is 743 g/mol. The molecule has 0 bridgehead atoms. The monoisotopic (exact) mass is 743 g/mol. The molecule has 1 fully saturated rings. The Morgan fingerprint density at radius 2 is 1.41 bits per heavy atom. The van der Waals surface area contributed by atoms with Crippen LogP contribution in [0.4, 0.5) is 35.0 Å². The molecule has 1 aliphatic rings. The number of hydrogen-bond acceptors (Lipinski definition) is 7. The SMILES string of the molecule is CCOc1cc(C=C2C(=O)N(c3ccccc3)C(=O)N(c3ccccc3)C2=O)cc(I)c1Oc1ccc(C(F)(F)F)cc1[N+](=O)[O-]. The average Bonchev–Trinajstić information content (AvgIpc) is 3.01. The normalized spacial score (nSPS) is 13.6. The Morgan fingerprint density at radius 1 is 0.848 bits per heavy atom. The Hall–Kier alpha value is -5.25. The summed E-state index contributed by atoms with van der Waals surface area (Å²) in [5.41, 5.74) is -1.73. The van der Waals surface area contributed by atoms with Crippen molar-refractivity contribution >= 4 is 63.6 Å². The first-order chi connectivity index (χ1) is 21.9. The summed E-state index contributed by atoms with van der Waals surface area (Å²) in [7, 11) is 0. The van der Waals surface area contributed by atoms with E-state index in [-0.39, 0.29) is 44.2 Å². The minimum absolute atomic E-state index is 0.0297. The second-order valence-electron chi connectivity index (χ2n) is 9.60. The maximum Gasteiger partial charge on any atom is 0.416 e. The first kappa shape index (κ1) is 32.2. The third-order valence-corrected chi connectivity index (χ3v) is 7.42. The number of ether oxygens (including phenoxy) is 2. The molecule has 0 saturated carbocycles. The van der Waals surface area contributed by atoms with Gasteiger partial charge in [0.25, 0.3) is 11.8 Å². The van der Waals surface area contributed by atoms with Crippen LogP contribution in [0.1, 0.15) is 18.1 Å². The fraction of sp³-hybridized carbons (Fsp3) is 0.0938. The lowest BCUT2D eigenvalue weighted by molar-refractivity contribution is -0.385. The van der Waals surface area contributed by atoms with E-state index < -0.39 is 45.9 Å². The molecule has 4 aromatic carbocycles. The van der Waals surface area contributed by atoms with Gasteiger partial charge < -0.3 is 9.47 Å². The second-order valence-corrected chi connectivity index (χ2v) is 10.8. The number of barbiturate groups is 1. The Balaban J connectivity index is 1.60. The van der Waals surface area contributed by atoms with Crippen LogP contribution in [-0.4, -0.2) is 29.4 Å². The number of nitro groups is 1. The summed E-state index contributed by atoms with van der Waals surface area (Å²) in [5, 5.41) is 11.6. The van der Waals surface area contributed by atoms with Gasteiger partial charge in [-0.2, -0.15) is 13.2 Å². The molecule has 10 nitrogen and oxygen atoms in total. The minimum Gasteiger partial charge on any atom is -0.490 e. The molecule has 0 radical (unpaired) electrons. The van der Waals surface area contributed by atoms with Gasteiger partial charge in [0.05, 0.1) is 32.0 Å². The Bertz CT molecular complexity index is 1820. The number of carbonyl (C=O) groups is 3. The topological polar surface area (TPSA) is 119 Å². The molecule has 0 spiro atoms. The van der Waals surface area contributed by atoms with Gasteiger partial charge >= 0.3 is 17.9 Å². The van der Waals surface area contributed by atoms with Crippen LogP contribution in [0.25, 0.3) is 6.08 Å². The molecule has 46 heavy (non-hydrogen) atoms. The molecular weight excluding hydrogens is 722 g/mol. The zero-order chi connectivity index (χ0) is 33.2. The van der Waals surface area contributed by atoms with E-state index in [1.165, 1.54) is 18.2 Å². The van der Waals surface area contributed by atoms with Crippen LogP contribution in [0.2, 0.25) is 0 Å². The second kappa shape index (κ2) is 13.0. The number of halogens is 4. The Labute approximate surface area is 272 Å². The maximum absolute atomic E-state index is 13.7. The van der Waals surface area contributed by atoms with E-state index in [4.69, 9.17) is 9.47 Å². The maximum atomic E-state index is 13.7. The number of hydrogen-bond donors (Lipinski definition) is 0. The predicted octanol–water partition coefficient (Wildman–Crippen LogP) is 7.99. The minimum atomic E-state index is -4.81. The van der Waals surface area contributed by atoms with Crippen molar-refractivity contribution in [3.8, 4) is 17.2 Å². The van der Waals surface area contributed by atoms with Crippen molar-refractivity contribution in [2.45, 2.75) is 13.1 Å². The fourth-order valence-corrected chi connectivity index (χ4v) is 5.31. The number of urea groups is 1. The third-order valence-electron chi connectivity index (χ3n) is 6.62. The summed E-state index contributed by atoms with van der Waals surface area (Å²) >= 11 is 1.83. The summed E-state index contributed by atoms with van der Waals surface area (Å²) < 4.78 is 51.4. The smallest absolute Gasteiger partial charge is 0.416 e. The standard InChI is InChI=1S/C32H21F3IN3O7/c1-2-45-27-17-19(16-24(36)28(27)46-26-14-13-20(32(33,34)35)18-25(26)39(43)44)15-23-29(40)37(21-9-5-3-6-10-21)31(42)38(30(23)41)22-11-7-4-8-12-22/h3-18H,2H2,1H3. The lowest BCUT2D eigenvalue weighted by Crippen LogP contribution is -2.57. The van der Waals surface area contributed by atoms with Gasteiger partial charge in [-0.15, -0.1) is 0 Å². The van der Waals surface area contributed by atoms with Crippen molar-refractivity contribution in [3.63, 3.8) is 0 Å². The van der Waals surface area contributed by atoms with Gasteiger partial charge in [-0.1, -0.05) is 36.4 Å². The molecule has 1 saturated heterocycles. The molecule has 0 aromatic heterocycles. The van der Waals surface area contributed by atoms with E-state index >= 15 is 0 Å². The van der Waals surface area contributed by atoms with E-state index in [0.29, 0.717) is 12.1 Å². The van der Waals surface area contributed by atoms with E-state index in [2.05, 4.69) is 0 Å². The molecule has 234 valence electrons. The lowest BCUT2D eigenvalue weighted by Gasteiger charge is -2.34. The highest BCUT2D eigenvalue weighted by Gasteiger charge is 2.43. The number of carbonyl (C=O) groups excluding carboxylic acids is 3. The molecule has 0 aliphatic carbocycles. The fourth-order valence-electron chi connectivity index (χ4n) is 4.57. The predicted molar refractivity (Wildman–Crippen MR) is 170 cm³/mol. The van der Waals surface area contributed by atoms with E-state index in [0.717, 1.165) is 15.9 Å². The molecule has 0 unspecified atom stereocenters. The van der Waals surface area contributed by atoms with Gasteiger partial charge in [0.15, 0.2) is 11.5 Å². The highest BCUT2D eigenvalue weighted by atomic mass is 127. The molecule has 0 N–H and O–H groups in total. The first-order valence-electron chi connectivity index (χ1n) is 13.4. The number of alkyl halides is 3. The van der Waals surface area contributed by atoms with Crippen LogP contribution < -0.4 is 19.3 Å². The number of rotatable bonds is 8. The van der Waals surface area contributed by atoms with Gasteiger partial charge in [-0.3, -0.25) is 19.7 Å².